The third kappa shape index (κ3) is 2.60. The lowest BCUT2D eigenvalue weighted by atomic mass is 9.97. The molecule has 0 saturated heterocycles. The van der Waals surface area contributed by atoms with Gasteiger partial charge in [0.25, 0.3) is 0 Å². The van der Waals surface area contributed by atoms with Gasteiger partial charge in [-0.25, -0.2) is 13.2 Å². The fourth-order valence-electron chi connectivity index (χ4n) is 1.83. The molecule has 0 bridgehead atoms. The van der Waals surface area contributed by atoms with Crippen LogP contribution in [-0.4, -0.2) is 0 Å². The van der Waals surface area contributed by atoms with Crippen LogP contribution in [0.2, 0.25) is 5.02 Å². The normalized spacial score (nSPS) is 12.5. The zero-order valence-corrected chi connectivity index (χ0v) is 10.8. The van der Waals surface area contributed by atoms with Gasteiger partial charge >= 0.3 is 0 Å². The van der Waals surface area contributed by atoms with Crippen molar-refractivity contribution in [2.45, 2.75) is 13.0 Å². The van der Waals surface area contributed by atoms with Crippen molar-refractivity contribution >= 4 is 11.6 Å². The Kier molecular flexibility index (Phi) is 3.83. The van der Waals surface area contributed by atoms with Crippen LogP contribution in [0.4, 0.5) is 13.2 Å². The Hall–Kier alpha value is -1.52. The van der Waals surface area contributed by atoms with E-state index in [1.54, 1.807) is 0 Å². The molecule has 0 saturated carbocycles. The maximum Gasteiger partial charge on any atom is 0.146 e. The van der Waals surface area contributed by atoms with Gasteiger partial charge in [0, 0.05) is 11.1 Å². The van der Waals surface area contributed by atoms with Crippen molar-refractivity contribution < 1.29 is 13.2 Å². The zero-order valence-electron chi connectivity index (χ0n) is 10.1. The van der Waals surface area contributed by atoms with Crippen molar-refractivity contribution in [2.75, 3.05) is 0 Å². The van der Waals surface area contributed by atoms with E-state index in [0.717, 1.165) is 12.1 Å². The van der Waals surface area contributed by atoms with Crippen LogP contribution in [0.1, 0.15) is 22.7 Å². The summed E-state index contributed by atoms with van der Waals surface area (Å²) in [6, 6.07) is 5.15. The van der Waals surface area contributed by atoms with Crippen molar-refractivity contribution in [2.24, 2.45) is 5.73 Å². The van der Waals surface area contributed by atoms with Crippen molar-refractivity contribution in [1.82, 2.24) is 0 Å². The second-order valence-corrected chi connectivity index (χ2v) is 4.65. The number of aryl methyl sites for hydroxylation is 1. The van der Waals surface area contributed by atoms with Crippen LogP contribution in [0.25, 0.3) is 0 Å². The van der Waals surface area contributed by atoms with Gasteiger partial charge in [0.1, 0.15) is 17.5 Å². The quantitative estimate of drug-likeness (QED) is 0.883. The summed E-state index contributed by atoms with van der Waals surface area (Å²) in [5, 5.41) is -0.110. The van der Waals surface area contributed by atoms with Gasteiger partial charge in [-0.2, -0.15) is 0 Å². The maximum atomic E-state index is 13.8. The molecule has 100 valence electrons. The molecule has 0 fully saturated rings. The first kappa shape index (κ1) is 13.9. The molecule has 0 amide bonds. The first-order chi connectivity index (χ1) is 8.91. The van der Waals surface area contributed by atoms with Crippen LogP contribution in [0.5, 0.6) is 0 Å². The molecule has 1 nitrogen and oxygen atoms in total. The number of hydrogen-bond acceptors (Lipinski definition) is 1. The molecular formula is C14H11ClF3N. The van der Waals surface area contributed by atoms with Crippen molar-refractivity contribution in [3.8, 4) is 0 Å². The van der Waals surface area contributed by atoms with Gasteiger partial charge in [0.15, 0.2) is 0 Å². The molecule has 2 N–H and O–H groups in total. The van der Waals surface area contributed by atoms with Gasteiger partial charge in [-0.05, 0) is 30.7 Å². The van der Waals surface area contributed by atoms with E-state index >= 15 is 0 Å². The number of halogens is 4. The monoisotopic (exact) mass is 285 g/mol. The van der Waals surface area contributed by atoms with E-state index in [1.807, 2.05) is 0 Å². The molecule has 1 atom stereocenters. The Morgan fingerprint density at radius 1 is 1.05 bits per heavy atom. The van der Waals surface area contributed by atoms with Crippen LogP contribution >= 0.6 is 11.6 Å². The molecule has 0 heterocycles. The van der Waals surface area contributed by atoms with Gasteiger partial charge in [-0.1, -0.05) is 23.7 Å². The summed E-state index contributed by atoms with van der Waals surface area (Å²) in [6.45, 7) is 1.44. The molecule has 5 heteroatoms. The highest BCUT2D eigenvalue weighted by Crippen LogP contribution is 2.28. The second-order valence-electron chi connectivity index (χ2n) is 4.24. The third-order valence-corrected chi connectivity index (χ3v) is 3.22. The summed E-state index contributed by atoms with van der Waals surface area (Å²) in [5.74, 6) is -1.99. The molecule has 2 aromatic rings. The fourth-order valence-corrected chi connectivity index (χ4v) is 2.01. The predicted octanol–water partition coefficient (Wildman–Crippen LogP) is 4.11. The van der Waals surface area contributed by atoms with Crippen molar-refractivity contribution in [3.05, 3.63) is 69.5 Å². The lowest BCUT2D eigenvalue weighted by Crippen LogP contribution is -2.16. The van der Waals surface area contributed by atoms with Crippen LogP contribution in [0.15, 0.2) is 30.3 Å². The van der Waals surface area contributed by atoms with E-state index in [-0.39, 0.29) is 21.7 Å². The Bertz CT molecular complexity index is 628. The molecule has 1 unspecified atom stereocenters. The first-order valence-electron chi connectivity index (χ1n) is 5.57. The molecule has 0 radical (unpaired) electrons. The minimum Gasteiger partial charge on any atom is -0.320 e. The Balaban J connectivity index is 2.53. The predicted molar refractivity (Wildman–Crippen MR) is 68.5 cm³/mol. The van der Waals surface area contributed by atoms with Crippen LogP contribution < -0.4 is 5.73 Å². The van der Waals surface area contributed by atoms with E-state index < -0.39 is 23.5 Å². The molecule has 19 heavy (non-hydrogen) atoms. The number of benzene rings is 2. The third-order valence-electron chi connectivity index (χ3n) is 2.93. The largest absolute Gasteiger partial charge is 0.320 e. The summed E-state index contributed by atoms with van der Waals surface area (Å²) in [7, 11) is 0. The lowest BCUT2D eigenvalue weighted by Gasteiger charge is -2.15. The highest BCUT2D eigenvalue weighted by atomic mass is 35.5. The number of nitrogens with two attached hydrogens (primary N) is 1. The molecule has 2 aromatic carbocycles. The maximum absolute atomic E-state index is 13.8. The Morgan fingerprint density at radius 3 is 2.42 bits per heavy atom. The van der Waals surface area contributed by atoms with Crippen LogP contribution in [-0.2, 0) is 0 Å². The summed E-state index contributed by atoms with van der Waals surface area (Å²) in [4.78, 5) is 0. The standard InChI is InChI=1S/C14H11ClF3N/c1-7-5-12(17)9(6-11(7)16)14(19)8-3-2-4-10(15)13(8)18/h2-6,14H,19H2,1H3. The van der Waals surface area contributed by atoms with Crippen molar-refractivity contribution in [3.63, 3.8) is 0 Å². The highest BCUT2D eigenvalue weighted by Gasteiger charge is 2.20. The van der Waals surface area contributed by atoms with Gasteiger partial charge in [-0.15, -0.1) is 0 Å². The summed E-state index contributed by atoms with van der Waals surface area (Å²) < 4.78 is 41.1. The SMILES string of the molecule is Cc1cc(F)c(C(N)c2cccc(Cl)c2F)cc1F. The topological polar surface area (TPSA) is 26.0 Å². The van der Waals surface area contributed by atoms with E-state index in [9.17, 15) is 13.2 Å². The first-order valence-corrected chi connectivity index (χ1v) is 5.94. The van der Waals surface area contributed by atoms with Crippen LogP contribution in [0, 0.1) is 24.4 Å². The van der Waals surface area contributed by atoms with E-state index in [4.69, 9.17) is 17.3 Å². The van der Waals surface area contributed by atoms with E-state index in [0.29, 0.717) is 0 Å². The summed E-state index contributed by atoms with van der Waals surface area (Å²) >= 11 is 5.64. The molecule has 0 aliphatic carbocycles. The van der Waals surface area contributed by atoms with Gasteiger partial charge in [0.2, 0.25) is 0 Å². The Labute approximate surface area is 113 Å². The summed E-state index contributed by atoms with van der Waals surface area (Å²) in [5.41, 5.74) is 5.88. The average Bonchev–Trinajstić information content (AvgIpc) is 2.36. The van der Waals surface area contributed by atoms with E-state index in [2.05, 4.69) is 0 Å². The minimum absolute atomic E-state index is 0.0228. The van der Waals surface area contributed by atoms with Gasteiger partial charge < -0.3 is 5.73 Å². The average molecular weight is 286 g/mol. The summed E-state index contributed by atoms with van der Waals surface area (Å²) in [6.07, 6.45) is 0. The Morgan fingerprint density at radius 2 is 1.74 bits per heavy atom. The molecule has 0 aromatic heterocycles. The lowest BCUT2D eigenvalue weighted by molar-refractivity contribution is 0.559. The number of hydrogen-bond donors (Lipinski definition) is 1. The van der Waals surface area contributed by atoms with Crippen LogP contribution in [0.3, 0.4) is 0 Å². The molecule has 2 rings (SSSR count). The smallest absolute Gasteiger partial charge is 0.146 e. The van der Waals surface area contributed by atoms with E-state index in [1.165, 1.54) is 25.1 Å². The molecular weight excluding hydrogens is 275 g/mol. The fraction of sp³-hybridized carbons (Fsp3) is 0.143. The van der Waals surface area contributed by atoms with Crippen molar-refractivity contribution in [1.29, 1.82) is 0 Å². The highest BCUT2D eigenvalue weighted by molar-refractivity contribution is 6.30. The zero-order chi connectivity index (χ0) is 14.2. The number of rotatable bonds is 2. The molecule has 0 spiro atoms. The van der Waals surface area contributed by atoms with Gasteiger partial charge in [-0.3, -0.25) is 0 Å². The van der Waals surface area contributed by atoms with Gasteiger partial charge in [0.05, 0.1) is 11.1 Å². The molecule has 0 aliphatic rings. The minimum atomic E-state index is -1.12. The molecule has 0 aliphatic heterocycles. The second kappa shape index (κ2) is 5.23.